The predicted octanol–water partition coefficient (Wildman–Crippen LogP) is 3.92. The molecule has 2 aliphatic heterocycles. The average Bonchev–Trinajstić information content (AvgIpc) is 2.70. The molecule has 0 radical (unpaired) electrons. The monoisotopic (exact) mass is 393 g/mol. The fraction of sp³-hybridized carbons (Fsp3) is 0.458. The Labute approximate surface area is 171 Å². The summed E-state index contributed by atoms with van der Waals surface area (Å²) >= 11 is 0. The number of nitrogens with zero attached hydrogens (tertiary/aromatic N) is 1. The van der Waals surface area contributed by atoms with Crippen LogP contribution in [-0.2, 0) is 11.8 Å². The predicted molar refractivity (Wildman–Crippen MR) is 110 cm³/mol. The molecule has 0 saturated carbocycles. The van der Waals surface area contributed by atoms with Crippen LogP contribution in [-0.4, -0.2) is 41.7 Å². The van der Waals surface area contributed by atoms with Crippen molar-refractivity contribution in [1.29, 1.82) is 0 Å². The van der Waals surface area contributed by atoms with Gasteiger partial charge in [-0.2, -0.15) is 0 Å². The summed E-state index contributed by atoms with van der Waals surface area (Å²) in [4.78, 5) is 15.5. The van der Waals surface area contributed by atoms with Crippen molar-refractivity contribution in [3.05, 3.63) is 53.1 Å². The number of carbonyl (C=O) groups excluding carboxylic acids is 1. The van der Waals surface area contributed by atoms with Crippen molar-refractivity contribution in [2.24, 2.45) is 5.41 Å². The quantitative estimate of drug-likeness (QED) is 0.798. The molecule has 5 rings (SSSR count). The summed E-state index contributed by atoms with van der Waals surface area (Å²) in [5, 5.41) is 10.5. The Morgan fingerprint density at radius 3 is 2.66 bits per heavy atom. The van der Waals surface area contributed by atoms with Crippen molar-refractivity contribution in [1.82, 2.24) is 4.90 Å². The first-order valence-electron chi connectivity index (χ1n) is 10.3. The Kier molecular flexibility index (Phi) is 3.89. The molecule has 29 heavy (non-hydrogen) atoms. The second-order valence-corrected chi connectivity index (χ2v) is 9.18. The minimum Gasteiger partial charge on any atom is -0.508 e. The van der Waals surface area contributed by atoms with E-state index in [0.29, 0.717) is 49.0 Å². The lowest BCUT2D eigenvalue weighted by molar-refractivity contribution is -0.0266. The molecule has 152 valence electrons. The molecule has 1 aliphatic carbocycles. The van der Waals surface area contributed by atoms with Gasteiger partial charge in [0.15, 0.2) is 11.5 Å². The Morgan fingerprint density at radius 2 is 1.86 bits per heavy atom. The maximum atomic E-state index is 13.5. The molecule has 1 fully saturated rings. The van der Waals surface area contributed by atoms with Crippen LogP contribution < -0.4 is 9.47 Å². The van der Waals surface area contributed by atoms with E-state index in [-0.39, 0.29) is 22.8 Å². The van der Waals surface area contributed by atoms with Crippen molar-refractivity contribution < 1.29 is 19.4 Å². The molecule has 2 aromatic rings. The molecule has 5 heteroatoms. The highest BCUT2D eigenvalue weighted by Crippen LogP contribution is 2.57. The van der Waals surface area contributed by atoms with Crippen LogP contribution >= 0.6 is 0 Å². The number of fused-ring (bicyclic) bond motifs is 5. The third-order valence-corrected chi connectivity index (χ3v) is 7.68. The molecular formula is C24H27NO4. The summed E-state index contributed by atoms with van der Waals surface area (Å²) in [5.41, 5.74) is 2.63. The van der Waals surface area contributed by atoms with Crippen LogP contribution in [0.4, 0.5) is 0 Å². The van der Waals surface area contributed by atoms with Gasteiger partial charge in [0.2, 0.25) is 0 Å². The van der Waals surface area contributed by atoms with Crippen LogP contribution in [0.2, 0.25) is 0 Å². The van der Waals surface area contributed by atoms with Crippen LogP contribution in [0, 0.1) is 5.41 Å². The number of phenolic OH excluding ortho intramolecular Hbond substituents is 1. The fourth-order valence-corrected chi connectivity index (χ4v) is 5.51. The normalized spacial score (nSPS) is 26.6. The highest BCUT2D eigenvalue weighted by atomic mass is 16.6. The molecule has 1 saturated heterocycles. The van der Waals surface area contributed by atoms with Crippen molar-refractivity contribution in [3.63, 3.8) is 0 Å². The van der Waals surface area contributed by atoms with Gasteiger partial charge < -0.3 is 19.5 Å². The second-order valence-electron chi connectivity index (χ2n) is 9.18. The van der Waals surface area contributed by atoms with Crippen LogP contribution in [0.3, 0.4) is 0 Å². The summed E-state index contributed by atoms with van der Waals surface area (Å²) in [6.07, 6.45) is 1.53. The number of benzene rings is 2. The van der Waals surface area contributed by atoms with E-state index in [9.17, 15) is 9.90 Å². The minimum absolute atomic E-state index is 0.0148. The van der Waals surface area contributed by atoms with Gasteiger partial charge in [-0.1, -0.05) is 32.9 Å². The lowest BCUT2D eigenvalue weighted by atomic mass is 9.51. The van der Waals surface area contributed by atoms with E-state index in [0.717, 1.165) is 12.0 Å². The summed E-state index contributed by atoms with van der Waals surface area (Å²) in [6.45, 7) is 8.53. The molecule has 2 atom stereocenters. The first kappa shape index (κ1) is 18.3. The maximum Gasteiger partial charge on any atom is 0.254 e. The molecule has 0 spiro atoms. The lowest BCUT2D eigenvalue weighted by Gasteiger charge is -2.60. The van der Waals surface area contributed by atoms with Crippen molar-refractivity contribution in [2.75, 3.05) is 19.8 Å². The molecule has 0 unspecified atom stereocenters. The summed E-state index contributed by atoms with van der Waals surface area (Å²) in [5.74, 6) is 1.68. The number of hydrogen-bond donors (Lipinski definition) is 1. The van der Waals surface area contributed by atoms with Crippen LogP contribution in [0.15, 0.2) is 36.4 Å². The zero-order valence-electron chi connectivity index (χ0n) is 17.2. The zero-order valence-corrected chi connectivity index (χ0v) is 17.2. The number of carbonyl (C=O) groups is 1. The molecule has 2 aromatic carbocycles. The number of hydrogen-bond acceptors (Lipinski definition) is 4. The molecule has 5 nitrogen and oxygen atoms in total. The van der Waals surface area contributed by atoms with E-state index < -0.39 is 0 Å². The van der Waals surface area contributed by atoms with E-state index in [1.165, 1.54) is 5.56 Å². The molecule has 2 heterocycles. The smallest absolute Gasteiger partial charge is 0.254 e. The van der Waals surface area contributed by atoms with Gasteiger partial charge >= 0.3 is 0 Å². The van der Waals surface area contributed by atoms with Gasteiger partial charge in [-0.15, -0.1) is 0 Å². The van der Waals surface area contributed by atoms with Gasteiger partial charge in [-0.3, -0.25) is 4.79 Å². The maximum absolute atomic E-state index is 13.5. The van der Waals surface area contributed by atoms with E-state index in [4.69, 9.17) is 9.47 Å². The first-order chi connectivity index (χ1) is 13.8. The number of phenols is 1. The third-order valence-electron chi connectivity index (χ3n) is 7.68. The molecule has 1 N–H and O–H groups in total. The first-order valence-corrected chi connectivity index (χ1v) is 10.3. The van der Waals surface area contributed by atoms with Crippen molar-refractivity contribution >= 4 is 5.91 Å². The number of ether oxygens (including phenoxy) is 2. The van der Waals surface area contributed by atoms with Gasteiger partial charge in [0.05, 0.1) is 0 Å². The van der Waals surface area contributed by atoms with Gasteiger partial charge in [0, 0.05) is 23.6 Å². The van der Waals surface area contributed by atoms with Gasteiger partial charge in [0.1, 0.15) is 19.0 Å². The molecular weight excluding hydrogens is 366 g/mol. The van der Waals surface area contributed by atoms with Crippen molar-refractivity contribution in [2.45, 2.75) is 45.1 Å². The highest BCUT2D eigenvalue weighted by Gasteiger charge is 2.57. The number of likely N-dealkylation sites (tertiary alicyclic amines) is 1. The van der Waals surface area contributed by atoms with E-state index in [2.05, 4.69) is 26.8 Å². The van der Waals surface area contributed by atoms with E-state index in [1.54, 1.807) is 12.1 Å². The van der Waals surface area contributed by atoms with Crippen LogP contribution in [0.1, 0.15) is 48.7 Å². The Hall–Kier alpha value is -2.69. The van der Waals surface area contributed by atoms with Crippen molar-refractivity contribution in [3.8, 4) is 17.2 Å². The number of amides is 1. The average molecular weight is 393 g/mol. The largest absolute Gasteiger partial charge is 0.508 e. The van der Waals surface area contributed by atoms with Gasteiger partial charge in [-0.05, 0) is 53.6 Å². The number of piperidine rings is 1. The molecule has 3 aliphatic rings. The van der Waals surface area contributed by atoms with Crippen LogP contribution in [0.25, 0.3) is 0 Å². The summed E-state index contributed by atoms with van der Waals surface area (Å²) in [6, 6.07) is 11.3. The van der Waals surface area contributed by atoms with Gasteiger partial charge in [0.25, 0.3) is 5.91 Å². The molecule has 0 aromatic heterocycles. The van der Waals surface area contributed by atoms with Gasteiger partial charge in [-0.25, -0.2) is 0 Å². The minimum atomic E-state index is -0.116. The van der Waals surface area contributed by atoms with Crippen LogP contribution in [0.5, 0.6) is 17.2 Å². The SMILES string of the molecule is CC1(C)[C@H]2Cc3c(O)cccc3[C@]1(C)CCN2C(=O)c1ccc2c(c1)OCCO2. The third kappa shape index (κ3) is 2.49. The highest BCUT2D eigenvalue weighted by molar-refractivity contribution is 5.95. The van der Waals surface area contributed by atoms with E-state index in [1.807, 2.05) is 23.1 Å². The fourth-order valence-electron chi connectivity index (χ4n) is 5.51. The summed E-state index contributed by atoms with van der Waals surface area (Å²) < 4.78 is 11.3. The summed E-state index contributed by atoms with van der Waals surface area (Å²) in [7, 11) is 0. The number of rotatable bonds is 1. The molecule has 2 bridgehead atoms. The number of aromatic hydroxyl groups is 1. The molecule has 1 amide bonds. The Bertz CT molecular complexity index is 998. The van der Waals surface area contributed by atoms with E-state index >= 15 is 0 Å². The topological polar surface area (TPSA) is 59.0 Å². The lowest BCUT2D eigenvalue weighted by Crippen LogP contribution is -2.64. The standard InChI is InChI=1S/C24H27NO4/c1-23(2)21-14-16-17(5-4-6-18(16)26)24(23,3)9-10-25(21)22(27)15-7-8-19-20(13-15)29-12-11-28-19/h4-8,13,21,26H,9-12,14H2,1-3H3/t21-,24+/m1/s1. The Balaban J connectivity index is 1.54. The second kappa shape index (κ2) is 6.15. The Morgan fingerprint density at radius 1 is 1.10 bits per heavy atom. The zero-order chi connectivity index (χ0) is 20.4.